The average Bonchev–Trinajstić information content (AvgIpc) is 3.12. The fraction of sp³-hybridized carbons (Fsp3) is 0.533. The van der Waals surface area contributed by atoms with E-state index in [-0.39, 0.29) is 18.0 Å². The zero-order chi connectivity index (χ0) is 24.9. The predicted molar refractivity (Wildman–Crippen MR) is 142 cm³/mol. The number of hydrogen-bond acceptors (Lipinski definition) is 4. The van der Waals surface area contributed by atoms with Gasteiger partial charge in [0.05, 0.1) is 13.2 Å². The van der Waals surface area contributed by atoms with Gasteiger partial charge in [0.1, 0.15) is 0 Å². The van der Waals surface area contributed by atoms with Crippen LogP contribution < -0.4 is 4.90 Å². The molecule has 1 saturated heterocycles. The van der Waals surface area contributed by atoms with Crippen molar-refractivity contribution < 1.29 is 14.3 Å². The van der Waals surface area contributed by atoms with Crippen LogP contribution in [0.3, 0.4) is 0 Å². The van der Waals surface area contributed by atoms with E-state index in [2.05, 4.69) is 58.3 Å². The number of ether oxygens (including phenoxy) is 1. The third-order valence-corrected chi connectivity index (χ3v) is 8.26. The highest BCUT2D eigenvalue weighted by atomic mass is 16.5. The summed E-state index contributed by atoms with van der Waals surface area (Å²) in [6.07, 6.45) is 8.80. The van der Waals surface area contributed by atoms with Crippen LogP contribution in [0.1, 0.15) is 61.6 Å². The molecule has 0 bridgehead atoms. The number of anilines is 1. The van der Waals surface area contributed by atoms with Crippen molar-refractivity contribution >= 4 is 17.7 Å². The number of hydrogen-bond donors (Lipinski definition) is 0. The minimum Gasteiger partial charge on any atom is -0.469 e. The van der Waals surface area contributed by atoms with Gasteiger partial charge in [-0.2, -0.15) is 0 Å². The maximum atomic E-state index is 13.7. The summed E-state index contributed by atoms with van der Waals surface area (Å²) in [5, 5.41) is 0. The molecule has 2 aromatic carbocycles. The Labute approximate surface area is 215 Å². The van der Waals surface area contributed by atoms with Gasteiger partial charge in [-0.3, -0.25) is 14.6 Å². The molecule has 2 aromatic rings. The fourth-order valence-electron chi connectivity index (χ4n) is 6.21. The lowest BCUT2D eigenvalue weighted by Gasteiger charge is -2.30. The number of nitrogens with zero attached hydrogens (tertiary/aromatic N) is 3. The zero-order valence-corrected chi connectivity index (χ0v) is 21.5. The van der Waals surface area contributed by atoms with E-state index in [1.165, 1.54) is 43.1 Å². The average molecular weight is 490 g/mol. The first-order valence-electron chi connectivity index (χ1n) is 13.7. The Morgan fingerprint density at radius 2 is 1.72 bits per heavy atom. The molecule has 36 heavy (non-hydrogen) atoms. The Morgan fingerprint density at radius 3 is 2.47 bits per heavy atom. The van der Waals surface area contributed by atoms with Gasteiger partial charge < -0.3 is 9.64 Å². The quantitative estimate of drug-likeness (QED) is 0.503. The second-order valence-electron chi connectivity index (χ2n) is 10.6. The second-order valence-corrected chi connectivity index (χ2v) is 10.6. The Hall–Kier alpha value is -2.86. The number of carbonyl (C=O) groups excluding carboxylic acids is 2. The van der Waals surface area contributed by atoms with Crippen molar-refractivity contribution in [3.63, 3.8) is 0 Å². The number of rotatable bonds is 7. The molecule has 2 amide bonds. The topological polar surface area (TPSA) is 53.1 Å². The summed E-state index contributed by atoms with van der Waals surface area (Å²) in [4.78, 5) is 32.3. The highest BCUT2D eigenvalue weighted by molar-refractivity contribution is 5.95. The second kappa shape index (κ2) is 11.5. The van der Waals surface area contributed by atoms with Crippen LogP contribution in [-0.4, -0.2) is 60.6 Å². The molecule has 6 heteroatoms. The Bertz CT molecular complexity index is 1050. The SMILES string of the molecule is COC(=O)CCC1CN(C2CCCCC2)C(=O)N1c1ccc2c(c1)CCN(Cc1ccccc1)CC2. The van der Waals surface area contributed by atoms with E-state index in [1.54, 1.807) is 0 Å². The monoisotopic (exact) mass is 489 g/mol. The zero-order valence-electron chi connectivity index (χ0n) is 21.5. The van der Waals surface area contributed by atoms with E-state index in [9.17, 15) is 9.59 Å². The molecule has 5 rings (SSSR count). The van der Waals surface area contributed by atoms with E-state index in [4.69, 9.17) is 4.74 Å². The van der Waals surface area contributed by atoms with E-state index < -0.39 is 0 Å². The summed E-state index contributed by atoms with van der Waals surface area (Å²) in [7, 11) is 1.43. The maximum absolute atomic E-state index is 13.7. The van der Waals surface area contributed by atoms with Crippen LogP contribution >= 0.6 is 0 Å². The van der Waals surface area contributed by atoms with Gasteiger partial charge in [0.15, 0.2) is 0 Å². The van der Waals surface area contributed by atoms with Crippen LogP contribution in [0.15, 0.2) is 48.5 Å². The highest BCUT2D eigenvalue weighted by Gasteiger charge is 2.41. The molecular formula is C30H39N3O3. The molecule has 3 aliphatic rings. The summed E-state index contributed by atoms with van der Waals surface area (Å²) < 4.78 is 4.90. The lowest BCUT2D eigenvalue weighted by Crippen LogP contribution is -2.40. The van der Waals surface area contributed by atoms with Crippen LogP contribution in [0, 0.1) is 0 Å². The third kappa shape index (κ3) is 5.59. The molecule has 1 unspecified atom stereocenters. The van der Waals surface area contributed by atoms with Crippen LogP contribution in [-0.2, 0) is 28.9 Å². The van der Waals surface area contributed by atoms with Crippen molar-refractivity contribution in [3.05, 3.63) is 65.2 Å². The Kier molecular flexibility index (Phi) is 7.90. The van der Waals surface area contributed by atoms with Crippen molar-refractivity contribution in [2.75, 3.05) is 31.6 Å². The lowest BCUT2D eigenvalue weighted by atomic mass is 9.94. The number of esters is 1. The third-order valence-electron chi connectivity index (χ3n) is 8.26. The van der Waals surface area contributed by atoms with Crippen molar-refractivity contribution in [3.8, 4) is 0 Å². The van der Waals surface area contributed by atoms with Crippen molar-refractivity contribution in [2.45, 2.75) is 76.4 Å². The van der Waals surface area contributed by atoms with Crippen molar-refractivity contribution in [1.29, 1.82) is 0 Å². The molecule has 1 atom stereocenters. The molecule has 2 fully saturated rings. The summed E-state index contributed by atoms with van der Waals surface area (Å²) in [6.45, 7) is 3.72. The summed E-state index contributed by atoms with van der Waals surface area (Å²) in [5.74, 6) is -0.209. The van der Waals surface area contributed by atoms with Crippen molar-refractivity contribution in [1.82, 2.24) is 9.80 Å². The molecule has 0 N–H and O–H groups in total. The molecule has 0 radical (unpaired) electrons. The van der Waals surface area contributed by atoms with Gasteiger partial charge in [-0.25, -0.2) is 4.79 Å². The summed E-state index contributed by atoms with van der Waals surface area (Å²) in [5.41, 5.74) is 5.06. The van der Waals surface area contributed by atoms with Gasteiger partial charge in [-0.1, -0.05) is 55.7 Å². The van der Waals surface area contributed by atoms with E-state index in [1.807, 2.05) is 4.90 Å². The van der Waals surface area contributed by atoms with E-state index in [0.717, 1.165) is 51.0 Å². The molecule has 0 aromatic heterocycles. The maximum Gasteiger partial charge on any atom is 0.325 e. The van der Waals surface area contributed by atoms with Crippen LogP contribution in [0.2, 0.25) is 0 Å². The van der Waals surface area contributed by atoms with Gasteiger partial charge in [0, 0.05) is 44.3 Å². The Balaban J connectivity index is 1.33. The van der Waals surface area contributed by atoms with Gasteiger partial charge in [-0.05, 0) is 60.9 Å². The first-order valence-corrected chi connectivity index (χ1v) is 13.7. The number of methoxy groups -OCH3 is 1. The lowest BCUT2D eigenvalue weighted by molar-refractivity contribution is -0.140. The van der Waals surface area contributed by atoms with Crippen LogP contribution in [0.4, 0.5) is 10.5 Å². The molecule has 0 spiro atoms. The predicted octanol–water partition coefficient (Wildman–Crippen LogP) is 5.18. The minimum atomic E-state index is -0.209. The number of amides is 2. The molecule has 2 heterocycles. The number of fused-ring (bicyclic) bond motifs is 1. The molecular weight excluding hydrogens is 450 g/mol. The van der Waals surface area contributed by atoms with Gasteiger partial charge >= 0.3 is 12.0 Å². The van der Waals surface area contributed by atoms with E-state index in [0.29, 0.717) is 25.4 Å². The first kappa shape index (κ1) is 24.8. The Morgan fingerprint density at radius 1 is 0.972 bits per heavy atom. The van der Waals surface area contributed by atoms with Gasteiger partial charge in [0.25, 0.3) is 0 Å². The van der Waals surface area contributed by atoms with Gasteiger partial charge in [0.2, 0.25) is 0 Å². The standard InChI is InChI=1S/C30H39N3O3/c1-36-29(34)15-14-28-22-32(26-10-6-3-7-11-26)30(35)33(28)27-13-12-24-16-18-31(19-17-25(24)20-27)21-23-8-4-2-5-9-23/h2,4-5,8-9,12-13,20,26,28H,3,6-7,10-11,14-19,21-22H2,1H3. The fourth-order valence-corrected chi connectivity index (χ4v) is 6.21. The molecule has 192 valence electrons. The number of benzene rings is 2. The normalized spacial score (nSPS) is 21.4. The highest BCUT2D eigenvalue weighted by Crippen LogP contribution is 2.34. The smallest absolute Gasteiger partial charge is 0.325 e. The van der Waals surface area contributed by atoms with Gasteiger partial charge in [-0.15, -0.1) is 0 Å². The first-order chi connectivity index (χ1) is 17.6. The largest absolute Gasteiger partial charge is 0.469 e. The minimum absolute atomic E-state index is 0.00284. The van der Waals surface area contributed by atoms with E-state index >= 15 is 0 Å². The van der Waals surface area contributed by atoms with Crippen LogP contribution in [0.25, 0.3) is 0 Å². The summed E-state index contributed by atoms with van der Waals surface area (Å²) in [6, 6.07) is 17.7. The summed E-state index contributed by atoms with van der Waals surface area (Å²) >= 11 is 0. The molecule has 1 saturated carbocycles. The molecule has 2 aliphatic heterocycles. The number of carbonyl (C=O) groups is 2. The molecule has 6 nitrogen and oxygen atoms in total. The molecule has 1 aliphatic carbocycles. The van der Waals surface area contributed by atoms with Crippen molar-refractivity contribution in [2.24, 2.45) is 0 Å². The number of urea groups is 1. The van der Waals surface area contributed by atoms with Crippen LogP contribution in [0.5, 0.6) is 0 Å².